The molecule has 0 aliphatic carbocycles. The Balaban J connectivity index is -0.0000000369. The summed E-state index contributed by atoms with van der Waals surface area (Å²) < 4.78 is 0. The van der Waals surface area contributed by atoms with Crippen LogP contribution in [0.5, 0.6) is 0 Å². The van der Waals surface area contributed by atoms with Gasteiger partial charge in [0.15, 0.2) is 0 Å². The number of carbonyl (C=O) groups is 4. The SMILES string of the molecule is CC(=O)[O-].CC(=O)[O-].CC(=O)[O-].CC(=O)[O-].[Re]. The molecule has 0 aromatic carbocycles. The van der Waals surface area contributed by atoms with Gasteiger partial charge in [0.05, 0.1) is 0 Å². The largest absolute Gasteiger partial charge is 0.550 e. The zero-order chi connectivity index (χ0) is 14.3. The first-order chi connectivity index (χ1) is 6.93. The molecule has 0 N–H and O–H groups in total. The third-order valence-corrected chi connectivity index (χ3v) is 0. The Morgan fingerprint density at radius 1 is 0.529 bits per heavy atom. The van der Waals surface area contributed by atoms with Crippen molar-refractivity contribution in [2.75, 3.05) is 0 Å². The summed E-state index contributed by atoms with van der Waals surface area (Å²) >= 11 is 0. The molecule has 0 unspecified atom stereocenters. The van der Waals surface area contributed by atoms with Gasteiger partial charge >= 0.3 is 0 Å². The zero-order valence-corrected chi connectivity index (χ0v) is 12.4. The summed E-state index contributed by atoms with van der Waals surface area (Å²) in [5.41, 5.74) is 0. The Labute approximate surface area is 112 Å². The number of hydrogen-bond donors (Lipinski definition) is 0. The van der Waals surface area contributed by atoms with E-state index in [2.05, 4.69) is 0 Å². The second kappa shape index (κ2) is 24.0. The molecule has 0 heterocycles. The summed E-state index contributed by atoms with van der Waals surface area (Å²) in [6.07, 6.45) is 0. The normalized spacial score (nSPS) is 5.88. The average molecular weight is 422 g/mol. The number of rotatable bonds is 0. The van der Waals surface area contributed by atoms with E-state index in [1.54, 1.807) is 0 Å². The van der Waals surface area contributed by atoms with Gasteiger partial charge in [0.2, 0.25) is 0 Å². The molecule has 0 rings (SSSR count). The Morgan fingerprint density at radius 2 is 0.529 bits per heavy atom. The van der Waals surface area contributed by atoms with Gasteiger partial charge in [-0.3, -0.25) is 0 Å². The van der Waals surface area contributed by atoms with Crippen molar-refractivity contribution < 1.29 is 60.0 Å². The molecule has 0 saturated heterocycles. The molecule has 9 heteroatoms. The van der Waals surface area contributed by atoms with Crippen LogP contribution in [0.15, 0.2) is 0 Å². The van der Waals surface area contributed by atoms with Gasteiger partial charge in [0, 0.05) is 44.3 Å². The Kier molecular flexibility index (Phi) is 41.7. The van der Waals surface area contributed by atoms with Crippen molar-refractivity contribution in [1.82, 2.24) is 0 Å². The molecule has 17 heavy (non-hydrogen) atoms. The van der Waals surface area contributed by atoms with Gasteiger partial charge in [-0.15, -0.1) is 0 Å². The van der Waals surface area contributed by atoms with E-state index in [0.717, 1.165) is 27.7 Å². The van der Waals surface area contributed by atoms with Crippen LogP contribution in [0.3, 0.4) is 0 Å². The van der Waals surface area contributed by atoms with E-state index in [9.17, 15) is 0 Å². The van der Waals surface area contributed by atoms with Crippen molar-refractivity contribution in [3.05, 3.63) is 0 Å². The molecule has 0 saturated carbocycles. The molecule has 103 valence electrons. The van der Waals surface area contributed by atoms with Crippen LogP contribution in [-0.4, -0.2) is 23.9 Å². The van der Waals surface area contributed by atoms with Gasteiger partial charge in [0.1, 0.15) is 0 Å². The third-order valence-electron chi connectivity index (χ3n) is 0. The zero-order valence-electron chi connectivity index (χ0n) is 9.64. The second-order valence-corrected chi connectivity index (χ2v) is 1.97. The fourth-order valence-corrected chi connectivity index (χ4v) is 0. The summed E-state index contributed by atoms with van der Waals surface area (Å²) in [6.45, 7) is 3.89. The van der Waals surface area contributed by atoms with Crippen LogP contribution in [-0.2, 0) is 39.6 Å². The van der Waals surface area contributed by atoms with Gasteiger partial charge in [-0.05, 0) is 27.7 Å². The molecule has 0 atom stereocenters. The minimum absolute atomic E-state index is 0. The van der Waals surface area contributed by atoms with E-state index >= 15 is 0 Å². The van der Waals surface area contributed by atoms with E-state index in [-0.39, 0.29) is 20.4 Å². The van der Waals surface area contributed by atoms with Crippen LogP contribution in [0.1, 0.15) is 27.7 Å². The predicted molar refractivity (Wildman–Crippen MR) is 42.7 cm³/mol. The van der Waals surface area contributed by atoms with Crippen LogP contribution in [0.25, 0.3) is 0 Å². The quantitative estimate of drug-likeness (QED) is 0.375. The fourth-order valence-electron chi connectivity index (χ4n) is 0. The maximum Gasteiger partial charge on any atom is 0.0383 e. The topological polar surface area (TPSA) is 161 Å². The van der Waals surface area contributed by atoms with Gasteiger partial charge < -0.3 is 39.6 Å². The first-order valence-electron chi connectivity index (χ1n) is 3.63. The van der Waals surface area contributed by atoms with Crippen molar-refractivity contribution in [2.45, 2.75) is 27.7 Å². The minimum Gasteiger partial charge on any atom is -0.550 e. The maximum atomic E-state index is 8.89. The number of carboxylic acids is 4. The van der Waals surface area contributed by atoms with E-state index in [0.29, 0.717) is 0 Å². The van der Waals surface area contributed by atoms with Crippen LogP contribution in [0.4, 0.5) is 0 Å². The average Bonchev–Trinajstić information content (AvgIpc) is 1.76. The summed E-state index contributed by atoms with van der Waals surface area (Å²) in [5, 5.41) is 35.6. The Bertz CT molecular complexity index is 162. The number of carboxylic acid groups (broad SMARTS) is 4. The Morgan fingerprint density at radius 3 is 0.529 bits per heavy atom. The summed E-state index contributed by atoms with van der Waals surface area (Å²) in [5.74, 6) is -4.33. The van der Waals surface area contributed by atoms with Gasteiger partial charge in [-0.1, -0.05) is 0 Å². The van der Waals surface area contributed by atoms with Crippen LogP contribution >= 0.6 is 0 Å². The van der Waals surface area contributed by atoms with E-state index in [4.69, 9.17) is 39.6 Å². The standard InChI is InChI=1S/4C2H4O2.Re/c4*1-2(3)4;/h4*1H3,(H,3,4);/p-4. The molecule has 1 radical (unpaired) electrons. The third kappa shape index (κ3) is 1080. The molecular weight excluding hydrogens is 410 g/mol. The molecule has 8 nitrogen and oxygen atoms in total. The van der Waals surface area contributed by atoms with E-state index < -0.39 is 23.9 Å². The molecule has 0 aliphatic heterocycles. The molecule has 0 aliphatic rings. The summed E-state index contributed by atoms with van der Waals surface area (Å²) in [4.78, 5) is 35.6. The maximum absolute atomic E-state index is 8.89. The van der Waals surface area contributed by atoms with Crippen LogP contribution < -0.4 is 20.4 Å². The molecule has 0 aromatic rings. The number of aliphatic carboxylic acids is 4. The van der Waals surface area contributed by atoms with Gasteiger partial charge in [-0.25, -0.2) is 0 Å². The minimum atomic E-state index is -1.08. The molecule has 0 amide bonds. The molecule has 0 bridgehead atoms. The Hall–Kier alpha value is -1.46. The first-order valence-corrected chi connectivity index (χ1v) is 3.63. The molecule has 0 fully saturated rings. The van der Waals surface area contributed by atoms with Crippen molar-refractivity contribution in [2.24, 2.45) is 0 Å². The van der Waals surface area contributed by atoms with Gasteiger partial charge in [-0.2, -0.15) is 0 Å². The number of carbonyl (C=O) groups excluding carboxylic acids is 4. The van der Waals surface area contributed by atoms with E-state index in [1.807, 2.05) is 0 Å². The molecule has 0 aromatic heterocycles. The first kappa shape index (κ1) is 29.6. The smallest absolute Gasteiger partial charge is 0.0383 e. The van der Waals surface area contributed by atoms with Crippen molar-refractivity contribution in [1.29, 1.82) is 0 Å². The van der Waals surface area contributed by atoms with Crippen LogP contribution in [0, 0.1) is 0 Å². The van der Waals surface area contributed by atoms with Crippen molar-refractivity contribution >= 4 is 23.9 Å². The molecule has 0 spiro atoms. The van der Waals surface area contributed by atoms with Gasteiger partial charge in [0.25, 0.3) is 0 Å². The summed E-state index contributed by atoms with van der Waals surface area (Å²) in [7, 11) is 0. The van der Waals surface area contributed by atoms with E-state index in [1.165, 1.54) is 0 Å². The molecular formula is C8H12O8Re-4. The van der Waals surface area contributed by atoms with Crippen molar-refractivity contribution in [3.8, 4) is 0 Å². The van der Waals surface area contributed by atoms with Crippen molar-refractivity contribution in [3.63, 3.8) is 0 Å². The number of hydrogen-bond acceptors (Lipinski definition) is 8. The summed E-state index contributed by atoms with van der Waals surface area (Å²) in [6, 6.07) is 0. The predicted octanol–water partition coefficient (Wildman–Crippen LogP) is -4.98. The fraction of sp³-hybridized carbons (Fsp3) is 0.500. The second-order valence-electron chi connectivity index (χ2n) is 1.97. The monoisotopic (exact) mass is 423 g/mol. The van der Waals surface area contributed by atoms with Crippen LogP contribution in [0.2, 0.25) is 0 Å².